The van der Waals surface area contributed by atoms with Crippen molar-refractivity contribution in [2.45, 2.75) is 27.1 Å². The van der Waals surface area contributed by atoms with Gasteiger partial charge in [-0.3, -0.25) is 4.79 Å². The number of allylic oxidation sites excluding steroid dienone is 1. The van der Waals surface area contributed by atoms with Crippen molar-refractivity contribution in [3.63, 3.8) is 0 Å². The van der Waals surface area contributed by atoms with Gasteiger partial charge in [-0.25, -0.2) is 22.4 Å². The fourth-order valence-electron chi connectivity index (χ4n) is 3.34. The van der Waals surface area contributed by atoms with Crippen molar-refractivity contribution in [3.8, 4) is 6.07 Å². The van der Waals surface area contributed by atoms with Gasteiger partial charge in [0, 0.05) is 7.11 Å². The normalized spacial score (nSPS) is 19.1. The Morgan fingerprint density at radius 1 is 1.06 bits per heavy atom. The number of ether oxygens (including phenoxy) is 3. The second-order valence-corrected chi connectivity index (χ2v) is 7.66. The van der Waals surface area contributed by atoms with Crippen molar-refractivity contribution in [3.05, 3.63) is 58.7 Å². The molecule has 1 saturated carbocycles. The zero-order chi connectivity index (χ0) is 24.2. The number of halogens is 4. The van der Waals surface area contributed by atoms with E-state index >= 15 is 0 Å². The summed E-state index contributed by atoms with van der Waals surface area (Å²) in [6, 6.07) is 1.69. The zero-order valence-corrected chi connectivity index (χ0v) is 17.6. The van der Waals surface area contributed by atoms with E-state index in [0.29, 0.717) is 0 Å². The summed E-state index contributed by atoms with van der Waals surface area (Å²) in [5.41, 5.74) is -3.06. The van der Waals surface area contributed by atoms with Gasteiger partial charge in [0.2, 0.25) is 0 Å². The molecule has 1 aliphatic rings. The molecular weight excluding hydrogens is 434 g/mol. The Balaban J connectivity index is 2.17. The predicted octanol–water partition coefficient (Wildman–Crippen LogP) is 3.88. The molecule has 0 amide bonds. The first-order chi connectivity index (χ1) is 15.0. The van der Waals surface area contributed by atoms with Crippen LogP contribution in [0.1, 0.15) is 25.0 Å². The van der Waals surface area contributed by atoms with E-state index in [2.05, 4.69) is 11.3 Å². The molecule has 0 radical (unpaired) electrons. The van der Waals surface area contributed by atoms with Gasteiger partial charge in [-0.2, -0.15) is 5.26 Å². The minimum absolute atomic E-state index is 0.106. The number of esters is 2. The Kier molecular flexibility index (Phi) is 7.80. The van der Waals surface area contributed by atoms with Gasteiger partial charge in [-0.05, 0) is 11.3 Å². The quantitative estimate of drug-likeness (QED) is 0.140. The van der Waals surface area contributed by atoms with Crippen molar-refractivity contribution in [1.82, 2.24) is 0 Å². The van der Waals surface area contributed by atoms with Crippen LogP contribution in [0.5, 0.6) is 0 Å². The molecule has 1 fully saturated rings. The third-order valence-corrected chi connectivity index (χ3v) is 5.28. The van der Waals surface area contributed by atoms with Gasteiger partial charge in [0.25, 0.3) is 0 Å². The average molecular weight is 455 g/mol. The van der Waals surface area contributed by atoms with Crippen molar-refractivity contribution in [2.24, 2.45) is 17.3 Å². The Morgan fingerprint density at radius 3 is 2.06 bits per heavy atom. The monoisotopic (exact) mass is 455 g/mol. The van der Waals surface area contributed by atoms with Gasteiger partial charge < -0.3 is 14.2 Å². The maximum Gasteiger partial charge on any atom is 0.348 e. The Hall–Kier alpha value is -3.19. The van der Waals surface area contributed by atoms with Crippen molar-refractivity contribution in [1.29, 1.82) is 5.26 Å². The lowest BCUT2D eigenvalue weighted by Gasteiger charge is -2.12. The zero-order valence-electron chi connectivity index (χ0n) is 17.6. The minimum atomic E-state index is -1.69. The van der Waals surface area contributed by atoms with Crippen LogP contribution in [0.25, 0.3) is 0 Å². The van der Waals surface area contributed by atoms with Crippen molar-refractivity contribution in [2.75, 3.05) is 13.7 Å². The first-order valence-corrected chi connectivity index (χ1v) is 9.42. The van der Waals surface area contributed by atoms with Crippen LogP contribution in [0.2, 0.25) is 0 Å². The molecule has 0 heterocycles. The van der Waals surface area contributed by atoms with Gasteiger partial charge in [0.15, 0.2) is 23.3 Å². The van der Waals surface area contributed by atoms with Crippen LogP contribution in [-0.2, 0) is 37.0 Å². The van der Waals surface area contributed by atoms with Gasteiger partial charge in [0.05, 0.1) is 23.7 Å². The summed E-state index contributed by atoms with van der Waals surface area (Å²) in [5, 5.41) is 9.17. The fraction of sp³-hybridized carbons (Fsp3) is 0.409. The van der Waals surface area contributed by atoms with E-state index in [4.69, 9.17) is 14.7 Å². The molecular formula is C22H21F4NO5. The van der Waals surface area contributed by atoms with Gasteiger partial charge in [0.1, 0.15) is 24.9 Å². The molecule has 0 saturated heterocycles. The highest BCUT2D eigenvalue weighted by Crippen LogP contribution is 2.60. The second-order valence-electron chi connectivity index (χ2n) is 7.66. The average Bonchev–Trinajstić information content (AvgIpc) is 3.31. The highest BCUT2D eigenvalue weighted by molar-refractivity contribution is 5.93. The van der Waals surface area contributed by atoms with Crippen LogP contribution in [0.15, 0.2) is 24.3 Å². The van der Waals surface area contributed by atoms with E-state index in [-0.39, 0.29) is 12.2 Å². The van der Waals surface area contributed by atoms with Crippen LogP contribution in [0.4, 0.5) is 17.6 Å². The van der Waals surface area contributed by atoms with E-state index in [1.807, 2.05) is 0 Å². The molecule has 1 aromatic rings. The first kappa shape index (κ1) is 25.1. The predicted molar refractivity (Wildman–Crippen MR) is 102 cm³/mol. The lowest BCUT2D eigenvalue weighted by Crippen LogP contribution is -2.15. The summed E-state index contributed by atoms with van der Waals surface area (Å²) >= 11 is 0. The minimum Gasteiger partial charge on any atom is -0.460 e. The molecule has 0 spiro atoms. The molecule has 6 nitrogen and oxygen atoms in total. The standard InChI is InChI=1S/C22H21F4NO5/c1-5-6-31-20(28)11(8-27)7-14-15(22(14,2)3)21(29)32-10-13-18(25)16(23)12(9-30-4)17(24)19(13)26/h5,7,14-15H,1,6,9-10H2,2-4H3. The molecule has 172 valence electrons. The topological polar surface area (TPSA) is 85.6 Å². The summed E-state index contributed by atoms with van der Waals surface area (Å²) in [5.74, 6) is -9.91. The van der Waals surface area contributed by atoms with Crippen LogP contribution in [-0.4, -0.2) is 25.7 Å². The van der Waals surface area contributed by atoms with E-state index < -0.39 is 76.8 Å². The van der Waals surface area contributed by atoms with E-state index in [1.165, 1.54) is 12.2 Å². The Bertz CT molecular complexity index is 984. The number of nitriles is 1. The molecule has 1 aromatic carbocycles. The molecule has 1 aliphatic carbocycles. The number of methoxy groups -OCH3 is 1. The van der Waals surface area contributed by atoms with E-state index in [9.17, 15) is 27.2 Å². The van der Waals surface area contributed by atoms with Gasteiger partial charge in [-0.15, -0.1) is 0 Å². The Morgan fingerprint density at radius 2 is 1.59 bits per heavy atom. The highest BCUT2D eigenvalue weighted by Gasteiger charge is 2.62. The summed E-state index contributed by atoms with van der Waals surface area (Å²) in [6.07, 6.45) is 2.58. The summed E-state index contributed by atoms with van der Waals surface area (Å²) in [6.45, 7) is 4.86. The maximum atomic E-state index is 14.2. The molecule has 0 aliphatic heterocycles. The number of benzene rings is 1. The second kappa shape index (κ2) is 9.96. The number of carbonyl (C=O) groups is 2. The largest absolute Gasteiger partial charge is 0.460 e. The van der Waals surface area contributed by atoms with Crippen molar-refractivity contribution >= 4 is 11.9 Å². The molecule has 0 N–H and O–H groups in total. The lowest BCUT2D eigenvalue weighted by atomic mass is 10.1. The summed E-state index contributed by atoms with van der Waals surface area (Å²) in [4.78, 5) is 24.3. The number of carbonyl (C=O) groups excluding carboxylic acids is 2. The fourth-order valence-corrected chi connectivity index (χ4v) is 3.34. The molecule has 0 bridgehead atoms. The highest BCUT2D eigenvalue weighted by atomic mass is 19.2. The lowest BCUT2D eigenvalue weighted by molar-refractivity contribution is -0.147. The smallest absolute Gasteiger partial charge is 0.348 e. The number of hydrogen-bond acceptors (Lipinski definition) is 6. The summed E-state index contributed by atoms with van der Waals surface area (Å²) < 4.78 is 70.7. The third kappa shape index (κ3) is 4.83. The van der Waals surface area contributed by atoms with Crippen LogP contribution in [0.3, 0.4) is 0 Å². The SMILES string of the molecule is C=CCOC(=O)C(C#N)=CC1C(C(=O)OCc2c(F)c(F)c(COC)c(F)c2F)C1(C)C. The Labute approximate surface area is 182 Å². The number of nitrogens with zero attached hydrogens (tertiary/aromatic N) is 1. The van der Waals surface area contributed by atoms with E-state index in [1.54, 1.807) is 19.9 Å². The number of rotatable bonds is 9. The van der Waals surface area contributed by atoms with Crippen LogP contribution in [0, 0.1) is 51.9 Å². The molecule has 2 rings (SSSR count). The third-order valence-electron chi connectivity index (χ3n) is 5.28. The molecule has 32 heavy (non-hydrogen) atoms. The number of hydrogen-bond donors (Lipinski definition) is 0. The first-order valence-electron chi connectivity index (χ1n) is 9.42. The van der Waals surface area contributed by atoms with Crippen LogP contribution < -0.4 is 0 Å². The molecule has 2 unspecified atom stereocenters. The van der Waals surface area contributed by atoms with Crippen molar-refractivity contribution < 1.29 is 41.4 Å². The van der Waals surface area contributed by atoms with Gasteiger partial charge in [-0.1, -0.05) is 32.6 Å². The molecule has 10 heteroatoms. The van der Waals surface area contributed by atoms with E-state index in [0.717, 1.165) is 7.11 Å². The van der Waals surface area contributed by atoms with Crippen LogP contribution >= 0.6 is 0 Å². The molecule has 2 atom stereocenters. The maximum absolute atomic E-state index is 14.2. The summed E-state index contributed by atoms with van der Waals surface area (Å²) in [7, 11) is 1.10. The molecule has 0 aromatic heterocycles. The van der Waals surface area contributed by atoms with Gasteiger partial charge >= 0.3 is 11.9 Å².